The average Bonchev–Trinajstić information content (AvgIpc) is 3.17. The topological polar surface area (TPSA) is 78.9 Å². The van der Waals surface area contributed by atoms with Gasteiger partial charge in [-0.1, -0.05) is 204 Å². The van der Waals surface area contributed by atoms with E-state index in [1.807, 2.05) is 12.2 Å². The van der Waals surface area contributed by atoms with Crippen LogP contribution in [0, 0.1) is 0 Å². The number of carbonyl (C=O) groups is 3. The summed E-state index contributed by atoms with van der Waals surface area (Å²) in [6.07, 6.45) is 49.8. The summed E-state index contributed by atoms with van der Waals surface area (Å²) in [5.74, 6) is -0.987. The molecule has 0 heterocycles. The van der Waals surface area contributed by atoms with Crippen LogP contribution in [0.4, 0.5) is 0 Å². The first-order valence-corrected chi connectivity index (χ1v) is 22.6. The van der Waals surface area contributed by atoms with Crippen LogP contribution in [-0.2, 0) is 28.6 Å². The van der Waals surface area contributed by atoms with Crippen LogP contribution in [0.1, 0.15) is 220 Å². The van der Waals surface area contributed by atoms with Gasteiger partial charge in [0.2, 0.25) is 0 Å². The average molecular weight is 757 g/mol. The molecule has 0 amide bonds. The Balaban J connectivity index is 4.36. The maximum absolute atomic E-state index is 12.6. The molecular weight excluding hydrogens is 673 g/mol. The molecule has 0 bridgehead atoms. The molecule has 0 spiro atoms. The highest BCUT2D eigenvalue weighted by Crippen LogP contribution is 2.15. The monoisotopic (exact) mass is 757 g/mol. The summed E-state index contributed by atoms with van der Waals surface area (Å²) in [5.41, 5.74) is 0. The van der Waals surface area contributed by atoms with E-state index in [1.165, 1.54) is 109 Å². The van der Waals surface area contributed by atoms with Crippen molar-refractivity contribution in [3.05, 3.63) is 48.6 Å². The second-order valence-corrected chi connectivity index (χ2v) is 14.9. The Morgan fingerprint density at radius 3 is 1.09 bits per heavy atom. The second kappa shape index (κ2) is 43.1. The lowest BCUT2D eigenvalue weighted by Gasteiger charge is -2.18. The Labute approximate surface area is 333 Å². The van der Waals surface area contributed by atoms with Crippen LogP contribution < -0.4 is 0 Å². The predicted octanol–water partition coefficient (Wildman–Crippen LogP) is 14.4. The molecule has 0 fully saturated rings. The van der Waals surface area contributed by atoms with Crippen molar-refractivity contribution in [3.8, 4) is 0 Å². The first kappa shape index (κ1) is 51.4. The quantitative estimate of drug-likeness (QED) is 0.0268. The molecular formula is C48H84O6. The standard InChI is InChI=1S/C48H84O6/c1-4-7-10-13-16-18-20-22-23-24-26-27-29-32-35-38-41-47(50)53-44-45(43-52-46(49)40-37-34-31-15-12-9-6-3)54-48(51)42-39-36-33-30-28-25-21-19-17-14-11-8-5-2/h8,11,17,19,25,28,33,36,45H,4-7,9-10,12-16,18,20-24,26-27,29-32,34-35,37-44H2,1-3H3/b11-8-,19-17-,28-25-,36-33-. The fraction of sp³-hybridized carbons (Fsp3) is 0.771. The molecule has 0 aliphatic carbocycles. The molecule has 6 nitrogen and oxygen atoms in total. The summed E-state index contributed by atoms with van der Waals surface area (Å²) in [6, 6.07) is 0. The lowest BCUT2D eigenvalue weighted by molar-refractivity contribution is -0.166. The fourth-order valence-electron chi connectivity index (χ4n) is 6.22. The number of unbranched alkanes of at least 4 members (excludes halogenated alkanes) is 21. The Morgan fingerprint density at radius 2 is 0.722 bits per heavy atom. The summed E-state index contributed by atoms with van der Waals surface area (Å²) in [6.45, 7) is 6.41. The number of esters is 3. The van der Waals surface area contributed by atoms with Crippen LogP contribution in [0.15, 0.2) is 48.6 Å². The zero-order valence-corrected chi connectivity index (χ0v) is 35.5. The predicted molar refractivity (Wildman–Crippen MR) is 229 cm³/mol. The third-order valence-electron chi connectivity index (χ3n) is 9.61. The molecule has 1 unspecified atom stereocenters. The highest BCUT2D eigenvalue weighted by Gasteiger charge is 2.19. The Bertz CT molecular complexity index is 964. The van der Waals surface area contributed by atoms with Crippen LogP contribution in [0.3, 0.4) is 0 Å². The van der Waals surface area contributed by atoms with Crippen molar-refractivity contribution in [2.45, 2.75) is 226 Å². The number of hydrogen-bond donors (Lipinski definition) is 0. The number of hydrogen-bond acceptors (Lipinski definition) is 6. The Hall–Kier alpha value is -2.63. The van der Waals surface area contributed by atoms with Crippen molar-refractivity contribution < 1.29 is 28.6 Å². The van der Waals surface area contributed by atoms with Crippen LogP contribution in [0.25, 0.3) is 0 Å². The molecule has 54 heavy (non-hydrogen) atoms. The number of carbonyl (C=O) groups excluding carboxylic acids is 3. The number of allylic oxidation sites excluding steroid dienone is 8. The molecule has 0 aliphatic heterocycles. The third kappa shape index (κ3) is 40.6. The minimum absolute atomic E-state index is 0.0991. The number of rotatable bonds is 40. The highest BCUT2D eigenvalue weighted by atomic mass is 16.6. The van der Waals surface area contributed by atoms with Crippen molar-refractivity contribution in [2.24, 2.45) is 0 Å². The van der Waals surface area contributed by atoms with Crippen LogP contribution in [0.2, 0.25) is 0 Å². The van der Waals surface area contributed by atoms with Gasteiger partial charge in [0.1, 0.15) is 13.2 Å². The summed E-state index contributed by atoms with van der Waals surface area (Å²) in [7, 11) is 0. The normalized spacial score (nSPS) is 12.4. The molecule has 0 N–H and O–H groups in total. The minimum Gasteiger partial charge on any atom is -0.462 e. The van der Waals surface area contributed by atoms with Crippen molar-refractivity contribution in [1.29, 1.82) is 0 Å². The largest absolute Gasteiger partial charge is 0.462 e. The van der Waals surface area contributed by atoms with Gasteiger partial charge in [-0.05, 0) is 44.9 Å². The van der Waals surface area contributed by atoms with Crippen molar-refractivity contribution >= 4 is 17.9 Å². The van der Waals surface area contributed by atoms with E-state index in [4.69, 9.17) is 14.2 Å². The maximum atomic E-state index is 12.6. The van der Waals surface area contributed by atoms with Gasteiger partial charge < -0.3 is 14.2 Å². The molecule has 0 saturated heterocycles. The van der Waals surface area contributed by atoms with E-state index in [1.54, 1.807) is 0 Å². The molecule has 0 aliphatic rings. The zero-order valence-electron chi connectivity index (χ0n) is 35.5. The van der Waals surface area contributed by atoms with Gasteiger partial charge >= 0.3 is 17.9 Å². The summed E-state index contributed by atoms with van der Waals surface area (Å²) >= 11 is 0. The van der Waals surface area contributed by atoms with Crippen LogP contribution in [-0.4, -0.2) is 37.2 Å². The highest BCUT2D eigenvalue weighted by molar-refractivity contribution is 5.71. The molecule has 1 atom stereocenters. The van der Waals surface area contributed by atoms with Gasteiger partial charge in [-0.3, -0.25) is 14.4 Å². The first-order chi connectivity index (χ1) is 26.5. The molecule has 0 radical (unpaired) electrons. The van der Waals surface area contributed by atoms with E-state index in [0.717, 1.165) is 64.2 Å². The van der Waals surface area contributed by atoms with E-state index < -0.39 is 6.10 Å². The van der Waals surface area contributed by atoms with Gasteiger partial charge in [-0.2, -0.15) is 0 Å². The second-order valence-electron chi connectivity index (χ2n) is 14.9. The molecule has 6 heteroatoms. The van der Waals surface area contributed by atoms with Gasteiger partial charge in [0.15, 0.2) is 6.10 Å². The molecule has 312 valence electrons. The Morgan fingerprint density at radius 1 is 0.389 bits per heavy atom. The first-order valence-electron chi connectivity index (χ1n) is 22.6. The van der Waals surface area contributed by atoms with E-state index in [0.29, 0.717) is 19.3 Å². The zero-order chi connectivity index (χ0) is 39.4. The maximum Gasteiger partial charge on any atom is 0.306 e. The fourth-order valence-corrected chi connectivity index (χ4v) is 6.22. The summed E-state index contributed by atoms with van der Waals surface area (Å²) in [5, 5.41) is 0. The van der Waals surface area contributed by atoms with Crippen LogP contribution in [0.5, 0.6) is 0 Å². The Kier molecular flexibility index (Phi) is 41.0. The minimum atomic E-state index is -0.803. The molecule has 0 aromatic rings. The molecule has 0 aromatic heterocycles. The number of ether oxygens (including phenoxy) is 3. The van der Waals surface area contributed by atoms with Crippen molar-refractivity contribution in [1.82, 2.24) is 0 Å². The molecule has 0 saturated carbocycles. The lowest BCUT2D eigenvalue weighted by atomic mass is 10.0. The van der Waals surface area contributed by atoms with Gasteiger partial charge in [-0.15, -0.1) is 0 Å². The van der Waals surface area contributed by atoms with Gasteiger partial charge in [0.25, 0.3) is 0 Å². The summed E-state index contributed by atoms with van der Waals surface area (Å²) < 4.78 is 16.6. The smallest absolute Gasteiger partial charge is 0.306 e. The van der Waals surface area contributed by atoms with Crippen molar-refractivity contribution in [3.63, 3.8) is 0 Å². The summed E-state index contributed by atoms with van der Waals surface area (Å²) in [4.78, 5) is 37.5. The third-order valence-corrected chi connectivity index (χ3v) is 9.61. The van der Waals surface area contributed by atoms with Crippen LogP contribution >= 0.6 is 0 Å². The molecule has 0 rings (SSSR count). The van der Waals surface area contributed by atoms with Gasteiger partial charge in [-0.25, -0.2) is 0 Å². The lowest BCUT2D eigenvalue weighted by Crippen LogP contribution is -2.30. The van der Waals surface area contributed by atoms with E-state index in [-0.39, 0.29) is 37.5 Å². The van der Waals surface area contributed by atoms with E-state index >= 15 is 0 Å². The van der Waals surface area contributed by atoms with E-state index in [9.17, 15) is 14.4 Å². The van der Waals surface area contributed by atoms with E-state index in [2.05, 4.69) is 57.2 Å². The SMILES string of the molecule is CC/C=C\C/C=C\C/C=C\C/C=C\CCC(=O)OC(COC(=O)CCCCCCCCC)COC(=O)CCCCCCCCCCCCCCCCCC. The van der Waals surface area contributed by atoms with Gasteiger partial charge in [0, 0.05) is 19.3 Å². The van der Waals surface area contributed by atoms with Crippen molar-refractivity contribution in [2.75, 3.05) is 13.2 Å². The molecule has 0 aromatic carbocycles. The van der Waals surface area contributed by atoms with Gasteiger partial charge in [0.05, 0.1) is 0 Å².